The maximum Gasteiger partial charge on any atom is -0.00358 e. The molecular formula is H3NO9. The van der Waals surface area contributed by atoms with Crippen LogP contribution in [0.25, 0.3) is 0 Å². The van der Waals surface area contributed by atoms with Gasteiger partial charge >= 0.3 is 0 Å². The van der Waals surface area contributed by atoms with Crippen molar-refractivity contribution < 1.29 is 45.7 Å². The van der Waals surface area contributed by atoms with E-state index in [2.05, 4.69) is 35.2 Å². The Labute approximate surface area is 52.7 Å². The fourth-order valence-corrected chi connectivity index (χ4v) is 0.0832. The summed E-state index contributed by atoms with van der Waals surface area (Å²) in [4.78, 5) is 7.12. The van der Waals surface area contributed by atoms with Crippen molar-refractivity contribution in [1.29, 1.82) is 0 Å². The molecule has 0 aliphatic carbocycles. The lowest BCUT2D eigenvalue weighted by molar-refractivity contribution is -0.741. The van der Waals surface area contributed by atoms with Gasteiger partial charge < -0.3 is 0 Å². The average molecular weight is 161 g/mol. The topological polar surface area (TPSA) is 117 Å². The molecule has 0 aromatic rings. The summed E-state index contributed by atoms with van der Waals surface area (Å²) in [7, 11) is 0. The van der Waals surface area contributed by atoms with Crippen LogP contribution in [0.4, 0.5) is 0 Å². The summed E-state index contributed by atoms with van der Waals surface area (Å²) < 4.78 is 0. The van der Waals surface area contributed by atoms with Gasteiger partial charge in [0.05, 0.1) is 0 Å². The Hall–Kier alpha value is -0.400. The lowest BCUT2D eigenvalue weighted by Gasteiger charge is -1.96. The molecule has 0 heterocycles. The molecule has 0 amide bonds. The van der Waals surface area contributed by atoms with Gasteiger partial charge in [-0.2, -0.15) is 0 Å². The second-order valence-corrected chi connectivity index (χ2v) is 0.603. The molecule has 62 valence electrons. The molecule has 0 spiro atoms. The van der Waals surface area contributed by atoms with Crippen LogP contribution in [-0.4, -0.2) is 10.5 Å². The number of nitrogens with one attached hydrogen (secondary N) is 1. The van der Waals surface area contributed by atoms with E-state index in [9.17, 15) is 0 Å². The van der Waals surface area contributed by atoms with Gasteiger partial charge in [-0.3, -0.25) is 0 Å². The van der Waals surface area contributed by atoms with Crippen LogP contribution in [0.5, 0.6) is 0 Å². The summed E-state index contributed by atoms with van der Waals surface area (Å²) in [5.41, 5.74) is 1.38. The highest BCUT2D eigenvalue weighted by molar-refractivity contribution is 3.36. The zero-order valence-corrected chi connectivity index (χ0v) is 4.25. The Kier molecular flexibility index (Phi) is 8.26. The highest BCUT2D eigenvalue weighted by atomic mass is 17.8. The first-order valence-electron chi connectivity index (χ1n) is 1.61. The van der Waals surface area contributed by atoms with E-state index in [1.165, 1.54) is 5.64 Å². The maximum atomic E-state index is 7.39. The van der Waals surface area contributed by atoms with Gasteiger partial charge in [0, 0.05) is 0 Å². The lowest BCUT2D eigenvalue weighted by atomic mass is 13.2. The van der Waals surface area contributed by atoms with Crippen LogP contribution in [0.15, 0.2) is 0 Å². The Morgan fingerprint density at radius 3 is 2.00 bits per heavy atom. The minimum Gasteiger partial charge on any atom is -0.219 e. The minimum atomic E-state index is 1.38. The molecule has 0 radical (unpaired) electrons. The highest BCUT2D eigenvalue weighted by Gasteiger charge is 1.88. The molecule has 0 aromatic carbocycles. The van der Waals surface area contributed by atoms with Gasteiger partial charge in [-0.25, -0.2) is 10.5 Å². The molecular weight excluding hydrogens is 158 g/mol. The van der Waals surface area contributed by atoms with Crippen molar-refractivity contribution in [3.8, 4) is 0 Å². The zero-order chi connectivity index (χ0) is 7.66. The summed E-state index contributed by atoms with van der Waals surface area (Å²) in [6.07, 6.45) is 0. The van der Waals surface area contributed by atoms with Crippen LogP contribution < -0.4 is 5.64 Å². The zero-order valence-electron chi connectivity index (χ0n) is 4.25. The standard InChI is InChI=1S/H3NO9/c2-6-8-4-1-5-9-10-7-3/h1-3H. The van der Waals surface area contributed by atoms with E-state index >= 15 is 0 Å². The first-order chi connectivity index (χ1) is 4.91. The van der Waals surface area contributed by atoms with Gasteiger partial charge in [-0.15, -0.1) is 0 Å². The van der Waals surface area contributed by atoms with E-state index in [1.54, 1.807) is 0 Å². The second-order valence-electron chi connectivity index (χ2n) is 0.603. The Balaban J connectivity index is 2.65. The molecule has 0 aliphatic heterocycles. The van der Waals surface area contributed by atoms with E-state index in [1.807, 2.05) is 0 Å². The first kappa shape index (κ1) is 9.60. The van der Waals surface area contributed by atoms with E-state index in [-0.39, 0.29) is 0 Å². The molecule has 0 bridgehead atoms. The van der Waals surface area contributed by atoms with Crippen LogP contribution in [0.2, 0.25) is 0 Å². The van der Waals surface area contributed by atoms with E-state index < -0.39 is 0 Å². The summed E-state index contributed by atoms with van der Waals surface area (Å²) in [5.74, 6) is 0. The molecule has 3 N–H and O–H groups in total. The molecule has 0 aromatic heterocycles. The first-order valence-corrected chi connectivity index (χ1v) is 1.61. The summed E-state index contributed by atoms with van der Waals surface area (Å²) in [6, 6.07) is 0. The number of rotatable bonds is 7. The maximum absolute atomic E-state index is 7.39. The van der Waals surface area contributed by atoms with Crippen LogP contribution in [0, 0.1) is 0 Å². The third-order valence-electron chi connectivity index (χ3n) is 0.225. The predicted molar refractivity (Wildman–Crippen MR) is 16.0 cm³/mol. The molecule has 0 aliphatic rings. The quantitative estimate of drug-likeness (QED) is 0.245. The lowest BCUT2D eigenvalue weighted by Crippen LogP contribution is -2.16. The number of hydrogen-bond acceptors (Lipinski definition) is 10. The van der Waals surface area contributed by atoms with E-state index in [0.29, 0.717) is 0 Å². The Bertz CT molecular complexity index is 44.7. The van der Waals surface area contributed by atoms with Crippen molar-refractivity contribution in [2.24, 2.45) is 0 Å². The molecule has 0 atom stereocenters. The van der Waals surface area contributed by atoms with Gasteiger partial charge in [0.2, 0.25) is 0 Å². The molecule has 0 fully saturated rings. The van der Waals surface area contributed by atoms with Gasteiger partial charge in [0.1, 0.15) is 0 Å². The fraction of sp³-hybridized carbons (Fsp3) is 0. The average Bonchev–Trinajstić information content (AvgIpc) is 1.97. The largest absolute Gasteiger partial charge is 0.219 e. The van der Waals surface area contributed by atoms with Crippen molar-refractivity contribution in [2.75, 3.05) is 0 Å². The van der Waals surface area contributed by atoms with Crippen LogP contribution >= 0.6 is 0 Å². The summed E-state index contributed by atoms with van der Waals surface area (Å²) in [6.45, 7) is 0. The Morgan fingerprint density at radius 1 is 0.800 bits per heavy atom. The summed E-state index contributed by atoms with van der Waals surface area (Å²) >= 11 is 0. The Morgan fingerprint density at radius 2 is 1.40 bits per heavy atom. The van der Waals surface area contributed by atoms with Crippen molar-refractivity contribution in [2.45, 2.75) is 0 Å². The van der Waals surface area contributed by atoms with E-state index in [0.717, 1.165) is 0 Å². The van der Waals surface area contributed by atoms with Gasteiger partial charge in [-0.1, -0.05) is 9.98 Å². The third kappa shape index (κ3) is 7.60. The van der Waals surface area contributed by atoms with Crippen LogP contribution in [0.3, 0.4) is 0 Å². The SMILES string of the molecule is OOOONOOOOO. The second kappa shape index (κ2) is 8.60. The van der Waals surface area contributed by atoms with Crippen molar-refractivity contribution >= 4 is 0 Å². The molecule has 10 nitrogen and oxygen atoms in total. The van der Waals surface area contributed by atoms with Crippen LogP contribution in [0.1, 0.15) is 0 Å². The van der Waals surface area contributed by atoms with E-state index in [4.69, 9.17) is 10.5 Å². The van der Waals surface area contributed by atoms with Gasteiger partial charge in [0.25, 0.3) is 0 Å². The normalized spacial score (nSPS) is 10.2. The molecule has 0 saturated heterocycles. The van der Waals surface area contributed by atoms with Gasteiger partial charge in [-0.05, 0) is 30.8 Å². The molecule has 10 heteroatoms. The third-order valence-corrected chi connectivity index (χ3v) is 0.225. The van der Waals surface area contributed by atoms with Crippen molar-refractivity contribution in [1.82, 2.24) is 5.64 Å². The predicted octanol–water partition coefficient (Wildman–Crippen LogP) is -0.957. The molecule has 0 unspecified atom stereocenters. The molecule has 10 heavy (non-hydrogen) atoms. The fourth-order valence-electron chi connectivity index (χ4n) is 0.0832. The highest BCUT2D eigenvalue weighted by Crippen LogP contribution is 1.77. The minimum absolute atomic E-state index is 1.38. The molecule has 0 rings (SSSR count). The smallest absolute Gasteiger partial charge is 0.00358 e. The summed E-state index contributed by atoms with van der Waals surface area (Å²) in [5, 5.41) is 30.5. The number of hydrogen-bond donors (Lipinski definition) is 3. The molecule has 0 saturated carbocycles. The monoisotopic (exact) mass is 161 g/mol. The van der Waals surface area contributed by atoms with Crippen molar-refractivity contribution in [3.63, 3.8) is 0 Å². The van der Waals surface area contributed by atoms with Crippen molar-refractivity contribution in [3.05, 3.63) is 0 Å². The van der Waals surface area contributed by atoms with Gasteiger partial charge in [0.15, 0.2) is 0 Å². The van der Waals surface area contributed by atoms with Crippen LogP contribution in [-0.2, 0) is 35.2 Å².